The maximum Gasteiger partial charge on any atom is 0.267 e. The first kappa shape index (κ1) is 19.2. The molecule has 0 saturated carbocycles. The molecule has 0 fully saturated rings. The summed E-state index contributed by atoms with van der Waals surface area (Å²) >= 11 is 2.73. The van der Waals surface area contributed by atoms with Crippen LogP contribution in [0.15, 0.2) is 40.3 Å². The lowest BCUT2D eigenvalue weighted by molar-refractivity contribution is -0.305. The fourth-order valence-corrected chi connectivity index (χ4v) is 5.38. The molecule has 0 atom stereocenters. The van der Waals surface area contributed by atoms with Crippen molar-refractivity contribution in [3.63, 3.8) is 0 Å². The van der Waals surface area contributed by atoms with Crippen molar-refractivity contribution in [2.75, 3.05) is 5.75 Å². The van der Waals surface area contributed by atoms with E-state index in [4.69, 9.17) is 9.72 Å². The van der Waals surface area contributed by atoms with Crippen LogP contribution in [0.4, 0.5) is 0 Å². The number of aliphatic carboxylic acids is 1. The molecular weight excluding hydrogens is 396 g/mol. The van der Waals surface area contributed by atoms with Crippen molar-refractivity contribution in [2.24, 2.45) is 0 Å². The molecule has 8 heteroatoms. The summed E-state index contributed by atoms with van der Waals surface area (Å²) in [5, 5.41) is 11.9. The van der Waals surface area contributed by atoms with Gasteiger partial charge in [-0.3, -0.25) is 9.36 Å². The van der Waals surface area contributed by atoms with Gasteiger partial charge in [0.05, 0.1) is 23.3 Å². The minimum absolute atomic E-state index is 0.101. The first-order valence-corrected chi connectivity index (χ1v) is 10.8. The van der Waals surface area contributed by atoms with Gasteiger partial charge in [0.2, 0.25) is 0 Å². The van der Waals surface area contributed by atoms with Gasteiger partial charge >= 0.3 is 0 Å². The Balaban J connectivity index is 1.91. The molecule has 0 amide bonds. The van der Waals surface area contributed by atoms with Crippen LogP contribution in [0.1, 0.15) is 30.7 Å². The maximum absolute atomic E-state index is 13.5. The summed E-state index contributed by atoms with van der Waals surface area (Å²) in [5.41, 5.74) is 1.28. The molecule has 0 radical (unpaired) electrons. The zero-order valence-electron chi connectivity index (χ0n) is 15.6. The van der Waals surface area contributed by atoms with Crippen molar-refractivity contribution in [2.45, 2.75) is 44.1 Å². The van der Waals surface area contributed by atoms with E-state index < -0.39 is 5.97 Å². The molecule has 0 bridgehead atoms. The Morgan fingerprint density at radius 2 is 2.11 bits per heavy atom. The second-order valence-corrected chi connectivity index (χ2v) is 9.40. The Labute approximate surface area is 170 Å². The van der Waals surface area contributed by atoms with E-state index in [-0.39, 0.29) is 23.3 Å². The average molecular weight is 416 g/mol. The van der Waals surface area contributed by atoms with Crippen molar-refractivity contribution in [1.82, 2.24) is 9.55 Å². The summed E-state index contributed by atoms with van der Waals surface area (Å²) in [7, 11) is 0. The Bertz CT molecular complexity index is 1100. The van der Waals surface area contributed by atoms with Gasteiger partial charge in [0.1, 0.15) is 4.83 Å². The third-order valence-corrected chi connectivity index (χ3v) is 6.67. The molecule has 0 aliphatic carbocycles. The van der Waals surface area contributed by atoms with Crippen LogP contribution >= 0.6 is 23.1 Å². The number of carboxylic acids is 1. The van der Waals surface area contributed by atoms with Crippen LogP contribution in [0.2, 0.25) is 0 Å². The highest BCUT2D eigenvalue weighted by molar-refractivity contribution is 7.99. The van der Waals surface area contributed by atoms with E-state index in [1.165, 1.54) is 23.1 Å². The van der Waals surface area contributed by atoms with Crippen LogP contribution in [-0.2, 0) is 22.6 Å². The smallest absolute Gasteiger partial charge is 0.267 e. The molecule has 6 nitrogen and oxygen atoms in total. The summed E-state index contributed by atoms with van der Waals surface area (Å²) < 4.78 is 7.48. The van der Waals surface area contributed by atoms with Crippen LogP contribution in [0.3, 0.4) is 0 Å². The van der Waals surface area contributed by atoms with E-state index in [0.29, 0.717) is 34.1 Å². The first-order chi connectivity index (χ1) is 13.4. The third kappa shape index (κ3) is 3.59. The molecule has 3 aromatic rings. The number of rotatable bonds is 5. The number of hydrogen-bond donors (Lipinski definition) is 0. The van der Waals surface area contributed by atoms with Gasteiger partial charge in [-0.25, -0.2) is 4.98 Å². The molecule has 0 unspecified atom stereocenters. The van der Waals surface area contributed by atoms with Gasteiger partial charge in [0.15, 0.2) is 5.16 Å². The van der Waals surface area contributed by atoms with Crippen LogP contribution in [0, 0.1) is 0 Å². The number of benzene rings is 1. The molecule has 28 heavy (non-hydrogen) atoms. The molecule has 0 N–H and O–H groups in total. The summed E-state index contributed by atoms with van der Waals surface area (Å²) in [6.45, 7) is 4.51. The van der Waals surface area contributed by atoms with Gasteiger partial charge in [-0.05, 0) is 38.0 Å². The summed E-state index contributed by atoms with van der Waals surface area (Å²) in [5.74, 6) is -0.831. The number of carbonyl (C=O) groups is 1. The largest absolute Gasteiger partial charge is 0.550 e. The van der Waals surface area contributed by atoms with Crippen LogP contribution in [0.25, 0.3) is 15.9 Å². The Morgan fingerprint density at radius 1 is 1.36 bits per heavy atom. The fraction of sp³-hybridized carbons (Fsp3) is 0.350. The molecule has 4 rings (SSSR count). The third-order valence-electron chi connectivity index (χ3n) is 4.63. The summed E-state index contributed by atoms with van der Waals surface area (Å²) in [6, 6.07) is 9.31. The zero-order valence-corrected chi connectivity index (χ0v) is 17.2. The topological polar surface area (TPSA) is 84.2 Å². The van der Waals surface area contributed by atoms with Gasteiger partial charge < -0.3 is 14.6 Å². The Hall–Kier alpha value is -2.16. The average Bonchev–Trinajstić information content (AvgIpc) is 2.99. The van der Waals surface area contributed by atoms with Gasteiger partial charge in [-0.1, -0.05) is 30.0 Å². The van der Waals surface area contributed by atoms with Gasteiger partial charge in [0, 0.05) is 23.0 Å². The highest BCUT2D eigenvalue weighted by Crippen LogP contribution is 2.37. The number of para-hydroxylation sites is 1. The van der Waals surface area contributed by atoms with E-state index in [1.54, 1.807) is 4.57 Å². The van der Waals surface area contributed by atoms with E-state index in [0.717, 1.165) is 10.4 Å². The lowest BCUT2D eigenvalue weighted by atomic mass is 9.94. The van der Waals surface area contributed by atoms with E-state index in [2.05, 4.69) is 0 Å². The molecule has 1 aliphatic rings. The van der Waals surface area contributed by atoms with Crippen molar-refractivity contribution < 1.29 is 14.6 Å². The van der Waals surface area contributed by atoms with Crippen LogP contribution < -0.4 is 10.7 Å². The molecular formula is C20H19N2O4S2-. The minimum atomic E-state index is -1.12. The zero-order chi connectivity index (χ0) is 19.9. The minimum Gasteiger partial charge on any atom is -0.550 e. The van der Waals surface area contributed by atoms with Crippen molar-refractivity contribution in [3.8, 4) is 5.69 Å². The summed E-state index contributed by atoms with van der Waals surface area (Å²) in [4.78, 5) is 30.8. The number of aromatic nitrogens is 2. The number of carboxylic acid groups (broad SMARTS) is 1. The SMILES string of the molecule is CC1(C)Cc2c(sc3nc(SCCC(=O)[O-])n(-c4ccccc4)c(=O)c23)CO1. The monoisotopic (exact) mass is 415 g/mol. The van der Waals surface area contributed by atoms with Crippen LogP contribution in [-0.4, -0.2) is 26.9 Å². The van der Waals surface area contributed by atoms with Crippen molar-refractivity contribution in [1.29, 1.82) is 0 Å². The van der Waals surface area contributed by atoms with Gasteiger partial charge in [0.25, 0.3) is 5.56 Å². The number of ether oxygens (including phenoxy) is 1. The number of hydrogen-bond acceptors (Lipinski definition) is 7. The van der Waals surface area contributed by atoms with Gasteiger partial charge in [-0.15, -0.1) is 11.3 Å². The number of nitrogens with zero attached hydrogens (tertiary/aromatic N) is 2. The maximum atomic E-state index is 13.5. The normalized spacial score (nSPS) is 15.5. The number of thioether (sulfide) groups is 1. The van der Waals surface area contributed by atoms with E-state index >= 15 is 0 Å². The van der Waals surface area contributed by atoms with Crippen molar-refractivity contribution >= 4 is 39.3 Å². The molecule has 2 aromatic heterocycles. The van der Waals surface area contributed by atoms with E-state index in [1.807, 2.05) is 44.2 Å². The highest BCUT2D eigenvalue weighted by Gasteiger charge is 2.31. The predicted octanol–water partition coefficient (Wildman–Crippen LogP) is 2.53. The molecule has 0 saturated heterocycles. The highest BCUT2D eigenvalue weighted by atomic mass is 32.2. The second kappa shape index (κ2) is 7.35. The quantitative estimate of drug-likeness (QED) is 0.470. The standard InChI is InChI=1S/C20H20N2O4S2/c1-20(2)10-13-14(11-26-20)28-17-16(13)18(25)22(12-6-4-3-5-7-12)19(21-17)27-9-8-15(23)24/h3-7H,8-11H2,1-2H3,(H,23,24)/p-1. The summed E-state index contributed by atoms with van der Waals surface area (Å²) in [6.07, 6.45) is 0.557. The molecule has 0 spiro atoms. The molecule has 1 aromatic carbocycles. The first-order valence-electron chi connectivity index (χ1n) is 8.95. The number of thiophene rings is 1. The van der Waals surface area contributed by atoms with E-state index in [9.17, 15) is 14.7 Å². The van der Waals surface area contributed by atoms with Crippen LogP contribution in [0.5, 0.6) is 0 Å². The lowest BCUT2D eigenvalue weighted by Crippen LogP contribution is -2.32. The fourth-order valence-electron chi connectivity index (χ4n) is 3.30. The number of carbonyl (C=O) groups excluding carboxylic acids is 1. The lowest BCUT2D eigenvalue weighted by Gasteiger charge is -2.29. The Kier molecular flexibility index (Phi) is 5.03. The second-order valence-electron chi connectivity index (χ2n) is 7.25. The Morgan fingerprint density at radius 3 is 2.82 bits per heavy atom. The predicted molar refractivity (Wildman–Crippen MR) is 108 cm³/mol. The molecule has 1 aliphatic heterocycles. The van der Waals surface area contributed by atoms with Gasteiger partial charge in [-0.2, -0.15) is 0 Å². The molecule has 3 heterocycles. The number of fused-ring (bicyclic) bond motifs is 3. The molecule has 146 valence electrons. The van der Waals surface area contributed by atoms with Crippen molar-refractivity contribution in [3.05, 3.63) is 51.1 Å².